The molecule has 0 fully saturated rings. The van der Waals surface area contributed by atoms with Gasteiger partial charge in [0.25, 0.3) is 0 Å². The fourth-order valence-electron chi connectivity index (χ4n) is 1.47. The lowest BCUT2D eigenvalue weighted by atomic mass is 10.1. The number of carbonyl (C=O) groups is 2. The minimum atomic E-state index is -4.93. The monoisotopic (exact) mass is 278 g/mol. The summed E-state index contributed by atoms with van der Waals surface area (Å²) >= 11 is 0. The average molecular weight is 278 g/mol. The van der Waals surface area contributed by atoms with Crippen LogP contribution in [0.15, 0.2) is 18.2 Å². The minimum Gasteiger partial charge on any atom is -0.481 e. The lowest BCUT2D eigenvalue weighted by Gasteiger charge is -2.11. The van der Waals surface area contributed by atoms with Crippen LogP contribution < -0.4 is 4.74 Å². The van der Waals surface area contributed by atoms with Crippen LogP contribution in [0.4, 0.5) is 13.2 Å². The summed E-state index contributed by atoms with van der Waals surface area (Å²) < 4.78 is 39.9. The largest absolute Gasteiger partial charge is 0.573 e. The lowest BCUT2D eigenvalue weighted by Crippen LogP contribution is -2.17. The number of hydrogen-bond acceptors (Lipinski definition) is 3. The van der Waals surface area contributed by atoms with Gasteiger partial charge >= 0.3 is 18.3 Å². The lowest BCUT2D eigenvalue weighted by molar-refractivity contribution is -0.274. The average Bonchev–Trinajstić information content (AvgIpc) is 2.10. The Bertz CT molecular complexity index is 461. The van der Waals surface area contributed by atoms with Crippen LogP contribution in [0.3, 0.4) is 0 Å². The number of ether oxygens (including phenoxy) is 1. The van der Waals surface area contributed by atoms with Crippen molar-refractivity contribution in [2.75, 3.05) is 0 Å². The van der Waals surface area contributed by atoms with E-state index in [0.29, 0.717) is 0 Å². The smallest absolute Gasteiger partial charge is 0.481 e. The van der Waals surface area contributed by atoms with Crippen LogP contribution in [0.1, 0.15) is 11.1 Å². The molecule has 0 spiro atoms. The van der Waals surface area contributed by atoms with Gasteiger partial charge in [-0.05, 0) is 23.3 Å². The molecule has 1 aromatic rings. The zero-order valence-electron chi connectivity index (χ0n) is 9.40. The van der Waals surface area contributed by atoms with Crippen molar-refractivity contribution in [1.82, 2.24) is 0 Å². The molecule has 5 nitrogen and oxygen atoms in total. The van der Waals surface area contributed by atoms with Gasteiger partial charge in [0, 0.05) is 0 Å². The van der Waals surface area contributed by atoms with E-state index in [2.05, 4.69) is 4.74 Å². The minimum absolute atomic E-state index is 0.0329. The summed E-state index contributed by atoms with van der Waals surface area (Å²) in [6.45, 7) is 0. The summed E-state index contributed by atoms with van der Waals surface area (Å²) in [5, 5.41) is 17.2. The van der Waals surface area contributed by atoms with Gasteiger partial charge in [0.1, 0.15) is 5.75 Å². The van der Waals surface area contributed by atoms with Gasteiger partial charge in [0.05, 0.1) is 12.8 Å². The van der Waals surface area contributed by atoms with E-state index in [4.69, 9.17) is 10.2 Å². The molecule has 0 bridgehead atoms. The summed E-state index contributed by atoms with van der Waals surface area (Å²) in [6.07, 6.45) is -5.98. The molecule has 19 heavy (non-hydrogen) atoms. The Labute approximate surface area is 105 Å². The summed E-state index contributed by atoms with van der Waals surface area (Å²) in [7, 11) is 0. The van der Waals surface area contributed by atoms with E-state index in [1.54, 1.807) is 0 Å². The second-order valence-electron chi connectivity index (χ2n) is 3.67. The van der Waals surface area contributed by atoms with E-state index in [9.17, 15) is 22.8 Å². The molecule has 0 atom stereocenters. The van der Waals surface area contributed by atoms with E-state index in [1.165, 1.54) is 6.07 Å². The van der Waals surface area contributed by atoms with Gasteiger partial charge in [-0.1, -0.05) is 6.07 Å². The van der Waals surface area contributed by atoms with E-state index < -0.39 is 36.9 Å². The zero-order chi connectivity index (χ0) is 14.6. The van der Waals surface area contributed by atoms with E-state index in [0.717, 1.165) is 12.1 Å². The molecule has 1 aromatic carbocycles. The molecule has 1 rings (SSSR count). The second kappa shape index (κ2) is 5.59. The third-order valence-electron chi connectivity index (χ3n) is 1.97. The molecule has 0 heterocycles. The molecule has 0 aromatic heterocycles. The van der Waals surface area contributed by atoms with Gasteiger partial charge in [0.15, 0.2) is 0 Å². The van der Waals surface area contributed by atoms with E-state index in [-0.39, 0.29) is 11.1 Å². The van der Waals surface area contributed by atoms with Crippen molar-refractivity contribution < 1.29 is 37.7 Å². The first-order chi connectivity index (χ1) is 8.65. The highest BCUT2D eigenvalue weighted by Gasteiger charge is 2.31. The van der Waals surface area contributed by atoms with Crippen LogP contribution >= 0.6 is 0 Å². The normalized spacial score (nSPS) is 11.1. The van der Waals surface area contributed by atoms with Gasteiger partial charge in [-0.2, -0.15) is 0 Å². The maximum absolute atomic E-state index is 12.1. The van der Waals surface area contributed by atoms with Gasteiger partial charge in [-0.25, -0.2) is 0 Å². The topological polar surface area (TPSA) is 83.8 Å². The van der Waals surface area contributed by atoms with Gasteiger partial charge in [-0.3, -0.25) is 9.59 Å². The van der Waals surface area contributed by atoms with Crippen LogP contribution in [0.25, 0.3) is 0 Å². The number of aliphatic carboxylic acids is 2. The van der Waals surface area contributed by atoms with Crippen LogP contribution in [0.5, 0.6) is 5.75 Å². The summed E-state index contributed by atoms with van der Waals surface area (Å²) in [6, 6.07) is 3.03. The number of rotatable bonds is 5. The predicted octanol–water partition coefficient (Wildman–Crippen LogP) is 1.84. The van der Waals surface area contributed by atoms with Crippen molar-refractivity contribution in [1.29, 1.82) is 0 Å². The highest BCUT2D eigenvalue weighted by molar-refractivity contribution is 5.72. The molecule has 0 aliphatic carbocycles. The fourth-order valence-corrected chi connectivity index (χ4v) is 1.47. The fraction of sp³-hybridized carbons (Fsp3) is 0.273. The van der Waals surface area contributed by atoms with Gasteiger partial charge in [-0.15, -0.1) is 13.2 Å². The highest BCUT2D eigenvalue weighted by atomic mass is 19.4. The van der Waals surface area contributed by atoms with E-state index in [1.807, 2.05) is 0 Å². The Morgan fingerprint density at radius 1 is 1.00 bits per heavy atom. The summed E-state index contributed by atoms with van der Waals surface area (Å²) in [5.41, 5.74) is 0.0657. The molecule has 0 aliphatic rings. The maximum Gasteiger partial charge on any atom is 0.573 e. The number of carboxylic acids is 2. The summed E-state index contributed by atoms with van der Waals surface area (Å²) in [4.78, 5) is 21.0. The second-order valence-corrected chi connectivity index (χ2v) is 3.67. The van der Waals surface area contributed by atoms with Crippen LogP contribution in [-0.2, 0) is 22.4 Å². The van der Waals surface area contributed by atoms with E-state index >= 15 is 0 Å². The molecule has 8 heteroatoms. The van der Waals surface area contributed by atoms with Crippen LogP contribution in [-0.4, -0.2) is 28.5 Å². The third-order valence-corrected chi connectivity index (χ3v) is 1.97. The van der Waals surface area contributed by atoms with Gasteiger partial charge < -0.3 is 14.9 Å². The Hall–Kier alpha value is -2.25. The number of benzene rings is 1. The Balaban J connectivity index is 3.08. The number of alkyl halides is 3. The first kappa shape index (κ1) is 14.8. The quantitative estimate of drug-likeness (QED) is 0.858. The zero-order valence-corrected chi connectivity index (χ0v) is 9.40. The Kier molecular flexibility index (Phi) is 4.36. The first-order valence-corrected chi connectivity index (χ1v) is 4.98. The molecule has 0 aliphatic heterocycles. The van der Waals surface area contributed by atoms with Crippen molar-refractivity contribution in [3.63, 3.8) is 0 Å². The standard InChI is InChI=1S/C11H9F3O5/c12-11(13,14)19-8-2-6(4-9(15)16)1-7(3-8)5-10(17)18/h1-3H,4-5H2,(H,15,16)(H,17,18). The predicted molar refractivity (Wildman–Crippen MR) is 55.8 cm³/mol. The molecular weight excluding hydrogens is 269 g/mol. The first-order valence-electron chi connectivity index (χ1n) is 4.98. The Morgan fingerprint density at radius 2 is 1.42 bits per heavy atom. The van der Waals surface area contributed by atoms with Crippen molar-refractivity contribution in [3.05, 3.63) is 29.3 Å². The van der Waals surface area contributed by atoms with Crippen molar-refractivity contribution in [2.24, 2.45) is 0 Å². The molecule has 0 amide bonds. The molecule has 0 unspecified atom stereocenters. The van der Waals surface area contributed by atoms with Gasteiger partial charge in [0.2, 0.25) is 0 Å². The molecule has 2 N–H and O–H groups in total. The van der Waals surface area contributed by atoms with Crippen LogP contribution in [0, 0.1) is 0 Å². The van der Waals surface area contributed by atoms with Crippen molar-refractivity contribution in [3.8, 4) is 5.75 Å². The molecule has 0 saturated carbocycles. The van der Waals surface area contributed by atoms with Crippen LogP contribution in [0.2, 0.25) is 0 Å². The summed E-state index contributed by atoms with van der Waals surface area (Å²) in [5.74, 6) is -3.13. The highest BCUT2D eigenvalue weighted by Crippen LogP contribution is 2.25. The molecule has 0 radical (unpaired) electrons. The Morgan fingerprint density at radius 3 is 1.74 bits per heavy atom. The number of carboxylic acid groups (broad SMARTS) is 2. The third kappa shape index (κ3) is 5.75. The van der Waals surface area contributed by atoms with Crippen molar-refractivity contribution >= 4 is 11.9 Å². The SMILES string of the molecule is O=C(O)Cc1cc(CC(=O)O)cc(OC(F)(F)F)c1. The van der Waals surface area contributed by atoms with Crippen molar-refractivity contribution in [2.45, 2.75) is 19.2 Å². The maximum atomic E-state index is 12.1. The number of hydrogen-bond donors (Lipinski definition) is 2. The molecular formula is C11H9F3O5. The molecule has 104 valence electrons. The molecule has 0 saturated heterocycles. The number of halogens is 3.